The van der Waals surface area contributed by atoms with Gasteiger partial charge in [-0.15, -0.1) is 11.6 Å². The van der Waals surface area contributed by atoms with Crippen molar-refractivity contribution in [3.05, 3.63) is 18.1 Å². The minimum absolute atomic E-state index is 0.447. The van der Waals surface area contributed by atoms with Gasteiger partial charge >= 0.3 is 0 Å². The highest BCUT2D eigenvalue weighted by atomic mass is 35.5. The van der Waals surface area contributed by atoms with Crippen LogP contribution in [-0.4, -0.2) is 22.6 Å². The van der Waals surface area contributed by atoms with Gasteiger partial charge < -0.3 is 4.90 Å². The number of halogens is 1. The van der Waals surface area contributed by atoms with E-state index in [1.54, 1.807) is 6.20 Å². The van der Waals surface area contributed by atoms with Crippen LogP contribution in [0.15, 0.2) is 12.4 Å². The average molecular weight is 238 g/mol. The molecule has 0 amide bonds. The Kier molecular flexibility index (Phi) is 2.72. The van der Waals surface area contributed by atoms with Crippen molar-refractivity contribution in [3.63, 3.8) is 0 Å². The lowest BCUT2D eigenvalue weighted by atomic mass is 10.3. The van der Waals surface area contributed by atoms with Crippen LogP contribution in [0, 0.1) is 5.92 Å². The van der Waals surface area contributed by atoms with Gasteiger partial charge in [-0.05, 0) is 31.6 Å². The molecule has 2 fully saturated rings. The lowest BCUT2D eigenvalue weighted by Gasteiger charge is -2.23. The summed E-state index contributed by atoms with van der Waals surface area (Å²) in [4.78, 5) is 11.2. The van der Waals surface area contributed by atoms with Gasteiger partial charge in [0.2, 0.25) is 0 Å². The van der Waals surface area contributed by atoms with Crippen LogP contribution in [0.2, 0.25) is 0 Å². The van der Waals surface area contributed by atoms with E-state index in [4.69, 9.17) is 11.6 Å². The number of hydrogen-bond acceptors (Lipinski definition) is 3. The first-order chi connectivity index (χ1) is 7.86. The molecular formula is C12H16ClN3. The first kappa shape index (κ1) is 10.3. The lowest BCUT2D eigenvalue weighted by Crippen LogP contribution is -2.29. The lowest BCUT2D eigenvalue weighted by molar-refractivity contribution is 0.705. The van der Waals surface area contributed by atoms with Gasteiger partial charge in [-0.25, -0.2) is 4.98 Å². The molecule has 0 aromatic carbocycles. The van der Waals surface area contributed by atoms with Crippen molar-refractivity contribution in [2.45, 2.75) is 37.6 Å². The Morgan fingerprint density at radius 1 is 1.25 bits per heavy atom. The second-order valence-electron chi connectivity index (χ2n) is 4.83. The molecule has 1 heterocycles. The zero-order valence-corrected chi connectivity index (χ0v) is 10.0. The number of alkyl halides is 1. The first-order valence-corrected chi connectivity index (χ1v) is 6.54. The molecule has 2 saturated carbocycles. The highest BCUT2D eigenvalue weighted by molar-refractivity contribution is 6.16. The molecule has 0 bridgehead atoms. The van der Waals surface area contributed by atoms with E-state index in [0.29, 0.717) is 11.9 Å². The maximum atomic E-state index is 5.80. The Balaban J connectivity index is 1.79. The molecule has 0 unspecified atom stereocenters. The molecule has 16 heavy (non-hydrogen) atoms. The van der Waals surface area contributed by atoms with Crippen LogP contribution in [-0.2, 0) is 5.88 Å². The molecule has 0 saturated heterocycles. The Labute approximate surface area is 101 Å². The van der Waals surface area contributed by atoms with E-state index in [1.807, 2.05) is 6.20 Å². The number of nitrogens with zero attached hydrogens (tertiary/aromatic N) is 3. The van der Waals surface area contributed by atoms with Gasteiger partial charge in [0.05, 0.1) is 17.8 Å². The number of hydrogen-bond donors (Lipinski definition) is 0. The minimum Gasteiger partial charge on any atom is -0.352 e. The van der Waals surface area contributed by atoms with Crippen LogP contribution in [0.25, 0.3) is 0 Å². The van der Waals surface area contributed by atoms with Crippen molar-refractivity contribution in [2.24, 2.45) is 5.92 Å². The normalized spacial score (nSPS) is 19.8. The van der Waals surface area contributed by atoms with E-state index in [1.165, 1.54) is 25.7 Å². The summed E-state index contributed by atoms with van der Waals surface area (Å²) in [6, 6.07) is 0.709. The Hall–Kier alpha value is -0.830. The monoisotopic (exact) mass is 237 g/mol. The quantitative estimate of drug-likeness (QED) is 0.738. The van der Waals surface area contributed by atoms with Crippen molar-refractivity contribution in [3.8, 4) is 0 Å². The summed E-state index contributed by atoms with van der Waals surface area (Å²) >= 11 is 5.80. The van der Waals surface area contributed by atoms with Gasteiger partial charge in [0.1, 0.15) is 5.82 Å². The van der Waals surface area contributed by atoms with E-state index in [-0.39, 0.29) is 0 Å². The van der Waals surface area contributed by atoms with Crippen molar-refractivity contribution in [1.29, 1.82) is 0 Å². The summed E-state index contributed by atoms with van der Waals surface area (Å²) in [5, 5.41) is 0. The molecule has 3 nitrogen and oxygen atoms in total. The van der Waals surface area contributed by atoms with E-state index in [2.05, 4.69) is 14.9 Å². The summed E-state index contributed by atoms with van der Waals surface area (Å²) < 4.78 is 0. The molecule has 86 valence electrons. The molecule has 0 atom stereocenters. The Morgan fingerprint density at radius 2 is 2.06 bits per heavy atom. The summed E-state index contributed by atoms with van der Waals surface area (Å²) in [5.74, 6) is 2.36. The third-order valence-electron chi connectivity index (χ3n) is 3.24. The van der Waals surface area contributed by atoms with Crippen molar-refractivity contribution >= 4 is 17.4 Å². The van der Waals surface area contributed by atoms with Crippen LogP contribution < -0.4 is 4.90 Å². The van der Waals surface area contributed by atoms with Crippen LogP contribution in [0.5, 0.6) is 0 Å². The largest absolute Gasteiger partial charge is 0.352 e. The van der Waals surface area contributed by atoms with Crippen LogP contribution in [0.4, 0.5) is 5.82 Å². The molecule has 3 rings (SSSR count). The van der Waals surface area contributed by atoms with Gasteiger partial charge in [-0.1, -0.05) is 0 Å². The fourth-order valence-electron chi connectivity index (χ4n) is 1.99. The average Bonchev–Trinajstić information content (AvgIpc) is 3.16. The summed E-state index contributed by atoms with van der Waals surface area (Å²) in [7, 11) is 0. The van der Waals surface area contributed by atoms with Crippen molar-refractivity contribution < 1.29 is 0 Å². The molecule has 0 aliphatic heterocycles. The van der Waals surface area contributed by atoms with Crippen molar-refractivity contribution in [1.82, 2.24) is 9.97 Å². The van der Waals surface area contributed by atoms with E-state index in [9.17, 15) is 0 Å². The minimum atomic E-state index is 0.447. The topological polar surface area (TPSA) is 29.0 Å². The highest BCUT2D eigenvalue weighted by Gasteiger charge is 2.34. The first-order valence-electron chi connectivity index (χ1n) is 6.00. The van der Waals surface area contributed by atoms with Gasteiger partial charge in [0, 0.05) is 18.8 Å². The second-order valence-corrected chi connectivity index (χ2v) is 5.10. The summed E-state index contributed by atoms with van der Waals surface area (Å²) in [6.07, 6.45) is 8.99. The Morgan fingerprint density at radius 3 is 2.69 bits per heavy atom. The molecule has 0 radical (unpaired) electrons. The summed E-state index contributed by atoms with van der Waals surface area (Å²) in [6.45, 7) is 1.16. The number of anilines is 1. The zero-order valence-electron chi connectivity index (χ0n) is 9.27. The highest BCUT2D eigenvalue weighted by Crippen LogP contribution is 2.36. The molecular weight excluding hydrogens is 222 g/mol. The van der Waals surface area contributed by atoms with Gasteiger partial charge in [-0.3, -0.25) is 4.98 Å². The van der Waals surface area contributed by atoms with Crippen LogP contribution in [0.3, 0.4) is 0 Å². The van der Waals surface area contributed by atoms with Gasteiger partial charge in [0.25, 0.3) is 0 Å². The van der Waals surface area contributed by atoms with E-state index in [0.717, 1.165) is 24.0 Å². The van der Waals surface area contributed by atoms with Gasteiger partial charge in [0.15, 0.2) is 0 Å². The predicted molar refractivity (Wildman–Crippen MR) is 64.7 cm³/mol. The SMILES string of the molecule is ClCc1cncc(N(CC2CC2)C2CC2)n1. The Bertz CT molecular complexity index is 374. The molecule has 1 aromatic rings. The van der Waals surface area contributed by atoms with E-state index >= 15 is 0 Å². The third-order valence-corrected chi connectivity index (χ3v) is 3.52. The zero-order chi connectivity index (χ0) is 11.0. The molecule has 2 aliphatic rings. The second kappa shape index (κ2) is 4.21. The smallest absolute Gasteiger partial charge is 0.147 e. The van der Waals surface area contributed by atoms with Crippen LogP contribution >= 0.6 is 11.6 Å². The molecule has 4 heteroatoms. The van der Waals surface area contributed by atoms with Crippen LogP contribution in [0.1, 0.15) is 31.4 Å². The van der Waals surface area contributed by atoms with E-state index < -0.39 is 0 Å². The fourth-order valence-corrected chi connectivity index (χ4v) is 2.12. The maximum absolute atomic E-state index is 5.80. The van der Waals surface area contributed by atoms with Crippen molar-refractivity contribution in [2.75, 3.05) is 11.4 Å². The molecule has 2 aliphatic carbocycles. The number of rotatable bonds is 5. The molecule has 0 spiro atoms. The summed E-state index contributed by atoms with van der Waals surface area (Å²) in [5.41, 5.74) is 0.876. The molecule has 0 N–H and O–H groups in total. The molecule has 1 aromatic heterocycles. The standard InChI is InChI=1S/C12H16ClN3/c13-5-10-6-14-7-12(15-10)16(11-3-4-11)8-9-1-2-9/h6-7,9,11H,1-5,8H2. The number of aromatic nitrogens is 2. The fraction of sp³-hybridized carbons (Fsp3) is 0.667. The maximum Gasteiger partial charge on any atom is 0.147 e. The third kappa shape index (κ3) is 2.29. The van der Waals surface area contributed by atoms with Gasteiger partial charge in [-0.2, -0.15) is 0 Å². The predicted octanol–water partition coefficient (Wildman–Crippen LogP) is 2.59.